The normalized spacial score (nSPS) is 15.6. The third kappa shape index (κ3) is 3.66. The van der Waals surface area contributed by atoms with Crippen molar-refractivity contribution in [3.63, 3.8) is 0 Å². The van der Waals surface area contributed by atoms with E-state index in [4.69, 9.17) is 0 Å². The van der Waals surface area contributed by atoms with Crippen LogP contribution in [0.5, 0.6) is 0 Å². The van der Waals surface area contributed by atoms with Gasteiger partial charge in [0, 0.05) is 30.7 Å². The van der Waals surface area contributed by atoms with Crippen LogP contribution in [-0.4, -0.2) is 34.1 Å². The van der Waals surface area contributed by atoms with Crippen LogP contribution < -0.4 is 0 Å². The minimum Gasteiger partial charge on any atom is -0.294 e. The van der Waals surface area contributed by atoms with Crippen molar-refractivity contribution in [2.75, 3.05) is 12.3 Å². The van der Waals surface area contributed by atoms with E-state index in [9.17, 15) is 18.8 Å². The molecule has 0 bridgehead atoms. The highest BCUT2D eigenvalue weighted by molar-refractivity contribution is 8.13. The maximum atomic E-state index is 12.7. The maximum absolute atomic E-state index is 12.7. The van der Waals surface area contributed by atoms with E-state index in [1.807, 2.05) is 0 Å². The zero-order valence-electron chi connectivity index (χ0n) is 10.8. The Balaban J connectivity index is 1.83. The fourth-order valence-corrected chi connectivity index (χ4v) is 2.73. The molecule has 6 heteroatoms. The van der Waals surface area contributed by atoms with Gasteiger partial charge < -0.3 is 0 Å². The first-order chi connectivity index (χ1) is 9.58. The molecule has 0 spiro atoms. The molecule has 1 aliphatic rings. The predicted molar refractivity (Wildman–Crippen MR) is 74.1 cm³/mol. The molecule has 0 N–H and O–H groups in total. The number of nitrogens with zero attached hydrogens (tertiary/aromatic N) is 1. The predicted octanol–water partition coefficient (Wildman–Crippen LogP) is 2.87. The van der Waals surface area contributed by atoms with Gasteiger partial charge in [-0.1, -0.05) is 11.8 Å². The van der Waals surface area contributed by atoms with E-state index in [0.29, 0.717) is 24.2 Å². The quantitative estimate of drug-likeness (QED) is 0.784. The fraction of sp³-hybridized carbons (Fsp3) is 0.357. The lowest BCUT2D eigenvalue weighted by Gasteiger charge is -2.23. The number of carbonyl (C=O) groups is 3. The van der Waals surface area contributed by atoms with Crippen molar-refractivity contribution in [3.8, 4) is 0 Å². The average molecular weight is 295 g/mol. The topological polar surface area (TPSA) is 54.5 Å². The first-order valence-electron chi connectivity index (χ1n) is 6.34. The van der Waals surface area contributed by atoms with E-state index in [-0.39, 0.29) is 35.7 Å². The van der Waals surface area contributed by atoms with Crippen molar-refractivity contribution < 1.29 is 18.8 Å². The van der Waals surface area contributed by atoms with Gasteiger partial charge in [-0.05, 0) is 30.7 Å². The second-order valence-electron chi connectivity index (χ2n) is 4.44. The zero-order chi connectivity index (χ0) is 14.5. The summed E-state index contributed by atoms with van der Waals surface area (Å²) in [5, 5.41) is -0.240. The molecule has 1 aromatic carbocycles. The van der Waals surface area contributed by atoms with Crippen molar-refractivity contribution in [2.45, 2.75) is 19.3 Å². The van der Waals surface area contributed by atoms with Crippen molar-refractivity contribution >= 4 is 28.7 Å². The number of carbonyl (C=O) groups excluding carboxylic acids is 3. The molecule has 2 amide bonds. The molecule has 1 saturated heterocycles. The van der Waals surface area contributed by atoms with Gasteiger partial charge >= 0.3 is 0 Å². The molecule has 2 rings (SSSR count). The van der Waals surface area contributed by atoms with Gasteiger partial charge in [0.25, 0.3) is 5.24 Å². The molecule has 20 heavy (non-hydrogen) atoms. The minimum atomic E-state index is -0.386. The van der Waals surface area contributed by atoms with E-state index in [1.54, 1.807) is 0 Å². The summed E-state index contributed by atoms with van der Waals surface area (Å²) in [6, 6.07) is 5.35. The molecule has 0 saturated carbocycles. The first kappa shape index (κ1) is 14.7. The SMILES string of the molecule is O=C(CCCN1C(=O)CCSC1=O)c1ccc(F)cc1. The Labute approximate surface area is 120 Å². The molecule has 1 heterocycles. The molecule has 106 valence electrons. The third-order valence-corrected chi connectivity index (χ3v) is 3.89. The van der Waals surface area contributed by atoms with Gasteiger partial charge in [-0.15, -0.1) is 0 Å². The Morgan fingerprint density at radius 3 is 2.60 bits per heavy atom. The number of hydrogen-bond acceptors (Lipinski definition) is 4. The summed E-state index contributed by atoms with van der Waals surface area (Å²) in [5.74, 6) is -0.150. The van der Waals surface area contributed by atoms with Crippen molar-refractivity contribution in [1.82, 2.24) is 4.90 Å². The number of amides is 2. The molecule has 1 aliphatic heterocycles. The van der Waals surface area contributed by atoms with Gasteiger partial charge in [0.1, 0.15) is 5.82 Å². The number of ketones is 1. The number of imide groups is 1. The number of hydrogen-bond donors (Lipinski definition) is 0. The fourth-order valence-electron chi connectivity index (χ4n) is 1.93. The van der Waals surface area contributed by atoms with E-state index < -0.39 is 0 Å². The van der Waals surface area contributed by atoms with Crippen LogP contribution >= 0.6 is 11.8 Å². The van der Waals surface area contributed by atoms with Crippen LogP contribution in [0.1, 0.15) is 29.6 Å². The Kier molecular flexibility index (Phi) is 4.89. The van der Waals surface area contributed by atoms with Crippen LogP contribution in [0.15, 0.2) is 24.3 Å². The Bertz CT molecular complexity index is 514. The van der Waals surface area contributed by atoms with Crippen LogP contribution in [0, 0.1) is 5.82 Å². The molecule has 0 aromatic heterocycles. The van der Waals surface area contributed by atoms with Crippen LogP contribution in [0.3, 0.4) is 0 Å². The van der Waals surface area contributed by atoms with Crippen LogP contribution in [0.4, 0.5) is 9.18 Å². The highest BCUT2D eigenvalue weighted by atomic mass is 32.2. The molecular weight excluding hydrogens is 281 g/mol. The summed E-state index contributed by atoms with van der Waals surface area (Å²) >= 11 is 1.13. The highest BCUT2D eigenvalue weighted by Crippen LogP contribution is 2.19. The second kappa shape index (κ2) is 6.65. The molecule has 0 unspecified atom stereocenters. The molecule has 0 aliphatic carbocycles. The van der Waals surface area contributed by atoms with Crippen molar-refractivity contribution in [2.24, 2.45) is 0 Å². The largest absolute Gasteiger partial charge is 0.294 e. The van der Waals surface area contributed by atoms with Crippen LogP contribution in [-0.2, 0) is 4.79 Å². The number of halogens is 1. The van der Waals surface area contributed by atoms with Crippen molar-refractivity contribution in [3.05, 3.63) is 35.6 Å². The Morgan fingerprint density at radius 1 is 1.25 bits per heavy atom. The lowest BCUT2D eigenvalue weighted by Crippen LogP contribution is -2.38. The second-order valence-corrected chi connectivity index (χ2v) is 5.49. The standard InChI is InChI=1S/C14H14FNO3S/c15-11-5-3-10(4-6-11)12(17)2-1-8-16-13(18)7-9-20-14(16)19/h3-6H,1-2,7-9H2. The van der Waals surface area contributed by atoms with Gasteiger partial charge in [-0.25, -0.2) is 4.39 Å². The number of thioether (sulfide) groups is 1. The summed E-state index contributed by atoms with van der Waals surface area (Å²) in [4.78, 5) is 36.1. The molecular formula is C14H14FNO3S. The van der Waals surface area contributed by atoms with Gasteiger partial charge in [-0.3, -0.25) is 19.3 Å². The van der Waals surface area contributed by atoms with E-state index in [0.717, 1.165) is 11.8 Å². The van der Waals surface area contributed by atoms with E-state index in [2.05, 4.69) is 0 Å². The molecule has 4 nitrogen and oxygen atoms in total. The summed E-state index contributed by atoms with van der Waals surface area (Å²) in [6.07, 6.45) is 1.02. The Morgan fingerprint density at radius 2 is 1.95 bits per heavy atom. The number of Topliss-reactive ketones (excluding diaryl/α,β-unsaturated/α-hetero) is 1. The minimum absolute atomic E-state index is 0.116. The molecule has 1 aromatic rings. The summed E-state index contributed by atoms with van der Waals surface area (Å²) in [6.45, 7) is 0.262. The summed E-state index contributed by atoms with van der Waals surface area (Å²) in [5.41, 5.74) is 0.442. The third-order valence-electron chi connectivity index (χ3n) is 3.01. The maximum Gasteiger partial charge on any atom is 0.288 e. The zero-order valence-corrected chi connectivity index (χ0v) is 11.6. The van der Waals surface area contributed by atoms with Crippen LogP contribution in [0.2, 0.25) is 0 Å². The smallest absolute Gasteiger partial charge is 0.288 e. The monoisotopic (exact) mass is 295 g/mol. The summed E-state index contributed by atoms with van der Waals surface area (Å²) < 4.78 is 12.7. The molecule has 1 fully saturated rings. The highest BCUT2D eigenvalue weighted by Gasteiger charge is 2.26. The Hall–Kier alpha value is -1.69. The average Bonchev–Trinajstić information content (AvgIpc) is 2.42. The van der Waals surface area contributed by atoms with Gasteiger partial charge in [-0.2, -0.15) is 0 Å². The number of rotatable bonds is 5. The molecule has 0 atom stereocenters. The van der Waals surface area contributed by atoms with Crippen molar-refractivity contribution in [1.29, 1.82) is 0 Å². The lowest BCUT2D eigenvalue weighted by atomic mass is 10.1. The van der Waals surface area contributed by atoms with E-state index in [1.165, 1.54) is 29.2 Å². The first-order valence-corrected chi connectivity index (χ1v) is 7.32. The van der Waals surface area contributed by atoms with Gasteiger partial charge in [0.2, 0.25) is 5.91 Å². The summed E-state index contributed by atoms with van der Waals surface area (Å²) in [7, 11) is 0. The molecule has 0 radical (unpaired) electrons. The van der Waals surface area contributed by atoms with E-state index >= 15 is 0 Å². The number of benzene rings is 1. The lowest BCUT2D eigenvalue weighted by molar-refractivity contribution is -0.127. The van der Waals surface area contributed by atoms with Gasteiger partial charge in [0.15, 0.2) is 5.78 Å². The van der Waals surface area contributed by atoms with Gasteiger partial charge in [0.05, 0.1) is 0 Å². The van der Waals surface area contributed by atoms with Crippen LogP contribution in [0.25, 0.3) is 0 Å².